The van der Waals surface area contributed by atoms with Gasteiger partial charge in [-0.2, -0.15) is 0 Å². The van der Waals surface area contributed by atoms with E-state index in [0.29, 0.717) is 28.9 Å². The van der Waals surface area contributed by atoms with Gasteiger partial charge in [-0.1, -0.05) is 6.42 Å². The summed E-state index contributed by atoms with van der Waals surface area (Å²) in [4.78, 5) is 28.1. The van der Waals surface area contributed by atoms with Crippen molar-refractivity contribution in [2.45, 2.75) is 32.4 Å². The van der Waals surface area contributed by atoms with Crippen LogP contribution in [-0.2, 0) is 13.1 Å². The maximum Gasteiger partial charge on any atom is 0.331 e. The van der Waals surface area contributed by atoms with Gasteiger partial charge in [0.25, 0.3) is 5.56 Å². The fraction of sp³-hybridized carbons (Fsp3) is 0.579. The van der Waals surface area contributed by atoms with Crippen molar-refractivity contribution >= 4 is 10.9 Å². The number of nitrogens with zero attached hydrogens (tertiary/aromatic N) is 3. The number of fused-ring (bicyclic) bond motifs is 1. The highest BCUT2D eigenvalue weighted by Gasteiger charge is 2.18. The molecule has 3 rings (SSSR count). The molecule has 0 radical (unpaired) electrons. The fourth-order valence-electron chi connectivity index (χ4n) is 3.68. The van der Waals surface area contributed by atoms with Gasteiger partial charge >= 0.3 is 5.69 Å². The second kappa shape index (κ2) is 8.58. The van der Waals surface area contributed by atoms with Gasteiger partial charge in [-0.3, -0.25) is 13.9 Å². The van der Waals surface area contributed by atoms with E-state index in [-0.39, 0.29) is 13.2 Å². The Morgan fingerprint density at radius 1 is 0.926 bits per heavy atom. The molecule has 1 aromatic carbocycles. The Hall–Kier alpha value is -2.32. The van der Waals surface area contributed by atoms with Gasteiger partial charge < -0.3 is 19.5 Å². The van der Waals surface area contributed by atoms with Crippen LogP contribution in [0, 0.1) is 0 Å². The predicted octanol–water partition coefficient (Wildman–Crippen LogP) is 0.659. The summed E-state index contributed by atoms with van der Waals surface area (Å²) in [5.41, 5.74) is -0.321. The van der Waals surface area contributed by atoms with E-state index in [2.05, 4.69) is 4.90 Å². The van der Waals surface area contributed by atoms with E-state index in [0.717, 1.165) is 24.2 Å². The van der Waals surface area contributed by atoms with Gasteiger partial charge in [-0.15, -0.1) is 0 Å². The van der Waals surface area contributed by atoms with E-state index in [9.17, 15) is 14.7 Å². The molecule has 1 aliphatic rings. The van der Waals surface area contributed by atoms with Crippen molar-refractivity contribution in [1.82, 2.24) is 14.0 Å². The molecule has 27 heavy (non-hydrogen) atoms. The molecule has 1 saturated heterocycles. The quantitative estimate of drug-likeness (QED) is 0.763. The molecule has 0 bridgehead atoms. The van der Waals surface area contributed by atoms with Crippen LogP contribution < -0.4 is 20.7 Å². The second-order valence-electron chi connectivity index (χ2n) is 6.74. The number of aromatic nitrogens is 2. The van der Waals surface area contributed by atoms with Gasteiger partial charge in [0.1, 0.15) is 0 Å². The average Bonchev–Trinajstić information content (AvgIpc) is 2.71. The van der Waals surface area contributed by atoms with Gasteiger partial charge in [-0.05, 0) is 32.0 Å². The summed E-state index contributed by atoms with van der Waals surface area (Å²) in [7, 11) is 3.02. The first kappa shape index (κ1) is 19.4. The van der Waals surface area contributed by atoms with Crippen LogP contribution in [-0.4, -0.2) is 59.6 Å². The summed E-state index contributed by atoms with van der Waals surface area (Å²) in [6.45, 7) is 2.95. The maximum absolute atomic E-state index is 12.9. The Morgan fingerprint density at radius 3 is 2.22 bits per heavy atom. The lowest BCUT2D eigenvalue weighted by Gasteiger charge is -2.27. The molecule has 148 valence electrons. The summed E-state index contributed by atoms with van der Waals surface area (Å²) in [6.07, 6.45) is 3.59. The van der Waals surface area contributed by atoms with Gasteiger partial charge in [-0.25, -0.2) is 4.79 Å². The molecule has 0 spiro atoms. The monoisotopic (exact) mass is 377 g/mol. The molecule has 2 heterocycles. The molecule has 0 aliphatic carbocycles. The van der Waals surface area contributed by atoms with E-state index < -0.39 is 11.2 Å². The van der Waals surface area contributed by atoms with Crippen LogP contribution in [0.25, 0.3) is 10.9 Å². The Bertz CT molecular complexity index is 912. The molecule has 0 saturated carbocycles. The van der Waals surface area contributed by atoms with E-state index in [1.54, 1.807) is 16.7 Å². The number of rotatable bonds is 7. The lowest BCUT2D eigenvalue weighted by atomic mass is 10.1. The van der Waals surface area contributed by atoms with Crippen LogP contribution in [0.4, 0.5) is 0 Å². The van der Waals surface area contributed by atoms with E-state index >= 15 is 0 Å². The highest BCUT2D eigenvalue weighted by molar-refractivity contribution is 5.82. The van der Waals surface area contributed by atoms with Crippen molar-refractivity contribution in [1.29, 1.82) is 0 Å². The smallest absolute Gasteiger partial charge is 0.331 e. The zero-order valence-electron chi connectivity index (χ0n) is 15.9. The molecule has 8 heteroatoms. The lowest BCUT2D eigenvalue weighted by molar-refractivity contribution is 0.219. The molecule has 1 N–H and O–H groups in total. The van der Waals surface area contributed by atoms with Gasteiger partial charge in [0, 0.05) is 19.2 Å². The van der Waals surface area contributed by atoms with Crippen LogP contribution in [0.2, 0.25) is 0 Å². The number of ether oxygens (including phenoxy) is 2. The van der Waals surface area contributed by atoms with Gasteiger partial charge in [0.2, 0.25) is 0 Å². The minimum atomic E-state index is -0.431. The van der Waals surface area contributed by atoms with Gasteiger partial charge in [0.15, 0.2) is 11.5 Å². The summed E-state index contributed by atoms with van der Waals surface area (Å²) in [5, 5.41) is 9.66. The number of benzene rings is 1. The number of hydrogen-bond acceptors (Lipinski definition) is 6. The minimum Gasteiger partial charge on any atom is -0.493 e. The zero-order valence-corrected chi connectivity index (χ0v) is 15.9. The van der Waals surface area contributed by atoms with Crippen molar-refractivity contribution in [3.8, 4) is 11.5 Å². The molecule has 1 aliphatic heterocycles. The fourth-order valence-corrected chi connectivity index (χ4v) is 3.68. The van der Waals surface area contributed by atoms with Crippen molar-refractivity contribution in [2.24, 2.45) is 0 Å². The van der Waals surface area contributed by atoms with Crippen LogP contribution in [0.5, 0.6) is 11.5 Å². The Morgan fingerprint density at radius 2 is 1.59 bits per heavy atom. The van der Waals surface area contributed by atoms with Crippen LogP contribution in [0.3, 0.4) is 0 Å². The van der Waals surface area contributed by atoms with Crippen molar-refractivity contribution in [3.63, 3.8) is 0 Å². The van der Waals surface area contributed by atoms with Crippen LogP contribution in [0.1, 0.15) is 19.3 Å². The molecule has 0 atom stereocenters. The second-order valence-corrected chi connectivity index (χ2v) is 6.74. The number of likely N-dealkylation sites (tertiary alicyclic amines) is 1. The molecule has 0 unspecified atom stereocenters. The number of hydrogen-bond donors (Lipinski definition) is 1. The standard InChI is InChI=1S/C19H27N3O5/c1-26-16-12-14-15(13-17(16)27-2)21(9-8-20-6-4-3-5-7-20)19(25)22(10-11-23)18(14)24/h12-13,23H,3-11H2,1-2H3. The predicted molar refractivity (Wildman–Crippen MR) is 103 cm³/mol. The first-order chi connectivity index (χ1) is 13.1. The first-order valence-corrected chi connectivity index (χ1v) is 9.33. The minimum absolute atomic E-state index is 0.0360. The Balaban J connectivity index is 2.13. The number of methoxy groups -OCH3 is 2. The molecule has 2 aromatic rings. The molecular formula is C19H27N3O5. The summed E-state index contributed by atoms with van der Waals surface area (Å²) in [6, 6.07) is 3.28. The average molecular weight is 377 g/mol. The molecular weight excluding hydrogens is 350 g/mol. The Labute approximate surface area is 157 Å². The lowest BCUT2D eigenvalue weighted by Crippen LogP contribution is -2.43. The van der Waals surface area contributed by atoms with E-state index in [1.165, 1.54) is 33.5 Å². The number of aliphatic hydroxyl groups is 1. The summed E-state index contributed by atoms with van der Waals surface area (Å²) < 4.78 is 13.3. The summed E-state index contributed by atoms with van der Waals surface area (Å²) in [5.74, 6) is 0.898. The van der Waals surface area contributed by atoms with Crippen molar-refractivity contribution < 1.29 is 14.6 Å². The third-order valence-corrected chi connectivity index (χ3v) is 5.14. The third-order valence-electron chi connectivity index (χ3n) is 5.14. The largest absolute Gasteiger partial charge is 0.493 e. The molecule has 8 nitrogen and oxygen atoms in total. The van der Waals surface area contributed by atoms with Gasteiger partial charge in [0.05, 0.1) is 38.3 Å². The molecule has 1 fully saturated rings. The Kier molecular flexibility index (Phi) is 6.18. The molecule has 1 aromatic heterocycles. The number of piperidine rings is 1. The summed E-state index contributed by atoms with van der Waals surface area (Å²) >= 11 is 0. The molecule has 0 amide bonds. The highest BCUT2D eigenvalue weighted by Crippen LogP contribution is 2.30. The maximum atomic E-state index is 12.9. The van der Waals surface area contributed by atoms with Crippen LogP contribution in [0.15, 0.2) is 21.7 Å². The normalized spacial score (nSPS) is 15.2. The van der Waals surface area contributed by atoms with E-state index in [4.69, 9.17) is 9.47 Å². The topological polar surface area (TPSA) is 85.9 Å². The number of aliphatic hydroxyl groups excluding tert-OH is 1. The van der Waals surface area contributed by atoms with Crippen LogP contribution >= 0.6 is 0 Å². The SMILES string of the molecule is COc1cc2c(=O)n(CCO)c(=O)n(CCN3CCCCC3)c2cc1OC. The van der Waals surface area contributed by atoms with E-state index in [1.807, 2.05) is 0 Å². The highest BCUT2D eigenvalue weighted by atomic mass is 16.5. The first-order valence-electron chi connectivity index (χ1n) is 9.33. The van der Waals surface area contributed by atoms with Crippen molar-refractivity contribution in [2.75, 3.05) is 40.5 Å². The third kappa shape index (κ3) is 3.86. The zero-order chi connectivity index (χ0) is 19.4. The van der Waals surface area contributed by atoms with Crippen molar-refractivity contribution in [3.05, 3.63) is 33.0 Å².